The number of amides is 1. The van der Waals surface area contributed by atoms with Crippen molar-refractivity contribution in [2.24, 2.45) is 0 Å². The zero-order valence-corrected chi connectivity index (χ0v) is 15.8. The van der Waals surface area contributed by atoms with Crippen molar-refractivity contribution in [3.05, 3.63) is 69.7 Å². The van der Waals surface area contributed by atoms with Crippen molar-refractivity contribution in [1.29, 1.82) is 0 Å². The van der Waals surface area contributed by atoms with Gasteiger partial charge in [-0.1, -0.05) is 42.3 Å². The van der Waals surface area contributed by atoms with Gasteiger partial charge in [-0.25, -0.2) is 4.79 Å². The van der Waals surface area contributed by atoms with Gasteiger partial charge in [0, 0.05) is 17.6 Å². The van der Waals surface area contributed by atoms with Crippen LogP contribution in [0, 0.1) is 0 Å². The Bertz CT molecular complexity index is 1030. The van der Waals surface area contributed by atoms with Gasteiger partial charge >= 0.3 is 5.76 Å². The minimum Gasteiger partial charge on any atom is -0.408 e. The van der Waals surface area contributed by atoms with Crippen molar-refractivity contribution in [2.45, 2.75) is 44.2 Å². The Morgan fingerprint density at radius 2 is 1.93 bits per heavy atom. The van der Waals surface area contributed by atoms with Crippen LogP contribution in [0.5, 0.6) is 0 Å². The number of carbonyl (C=O) groups is 1. The Labute approximate surface area is 161 Å². The summed E-state index contributed by atoms with van der Waals surface area (Å²) in [5.41, 5.74) is 1.79. The molecule has 1 fully saturated rings. The van der Waals surface area contributed by atoms with Crippen molar-refractivity contribution in [3.8, 4) is 0 Å². The van der Waals surface area contributed by atoms with Crippen LogP contribution in [0.1, 0.15) is 31.7 Å². The highest BCUT2D eigenvalue weighted by Crippen LogP contribution is 2.44. The normalized spacial score (nSPS) is 16.7. The van der Waals surface area contributed by atoms with Gasteiger partial charge in [-0.3, -0.25) is 9.36 Å². The van der Waals surface area contributed by atoms with E-state index >= 15 is 0 Å². The number of fused-ring (bicyclic) bond motifs is 1. The van der Waals surface area contributed by atoms with Crippen LogP contribution in [0.25, 0.3) is 11.1 Å². The Balaban J connectivity index is 1.52. The quantitative estimate of drug-likeness (QED) is 0.726. The number of carbonyl (C=O) groups excluding carboxylic acids is 1. The average molecular weight is 385 g/mol. The first-order valence-electron chi connectivity index (χ1n) is 9.15. The van der Waals surface area contributed by atoms with Crippen LogP contribution in [-0.2, 0) is 16.8 Å². The smallest absolute Gasteiger partial charge is 0.408 e. The summed E-state index contributed by atoms with van der Waals surface area (Å²) in [6.07, 6.45) is 2.67. The van der Waals surface area contributed by atoms with Gasteiger partial charge < -0.3 is 9.73 Å². The van der Waals surface area contributed by atoms with Gasteiger partial charge in [0.05, 0.1) is 10.9 Å². The summed E-state index contributed by atoms with van der Waals surface area (Å²) in [6, 6.07) is 14.6. The lowest BCUT2D eigenvalue weighted by atomic mass is 9.63. The number of hydrogen-bond donors (Lipinski definition) is 1. The number of benzene rings is 2. The van der Waals surface area contributed by atoms with E-state index in [1.807, 2.05) is 49.4 Å². The maximum atomic E-state index is 13.1. The third-order valence-corrected chi connectivity index (χ3v) is 5.70. The molecule has 1 atom stereocenters. The standard InChI is InChI=1S/C21H21ClN2O3/c1-14(13-24-17-5-2-3-6-18(17)27-20(24)26)23-19(25)21(11-4-12-21)15-7-9-16(22)10-8-15/h2-3,5-10,14H,4,11-13H2,1H3,(H,23,25)/t14-/m0/s1. The molecule has 1 heterocycles. The van der Waals surface area contributed by atoms with Crippen LogP contribution in [0.3, 0.4) is 0 Å². The number of aromatic nitrogens is 1. The van der Waals surface area contributed by atoms with E-state index in [2.05, 4.69) is 5.32 Å². The summed E-state index contributed by atoms with van der Waals surface area (Å²) in [7, 11) is 0. The molecule has 0 radical (unpaired) electrons. The number of oxazole rings is 1. The SMILES string of the molecule is C[C@@H](Cn1c(=O)oc2ccccc21)NC(=O)C1(c2ccc(Cl)cc2)CCC1. The van der Waals surface area contributed by atoms with E-state index in [1.54, 1.807) is 10.6 Å². The predicted molar refractivity (Wildman–Crippen MR) is 105 cm³/mol. The minimum absolute atomic E-state index is 0.00409. The molecule has 140 valence electrons. The molecule has 0 bridgehead atoms. The summed E-state index contributed by atoms with van der Waals surface area (Å²) in [4.78, 5) is 25.2. The van der Waals surface area contributed by atoms with Crippen LogP contribution in [-0.4, -0.2) is 16.5 Å². The van der Waals surface area contributed by atoms with Crippen LogP contribution < -0.4 is 11.1 Å². The van der Waals surface area contributed by atoms with E-state index < -0.39 is 11.2 Å². The minimum atomic E-state index is -0.498. The third-order valence-electron chi connectivity index (χ3n) is 5.45. The van der Waals surface area contributed by atoms with Crippen LogP contribution in [0.4, 0.5) is 0 Å². The predicted octanol–water partition coefficient (Wildman–Crippen LogP) is 3.87. The van der Waals surface area contributed by atoms with E-state index in [4.69, 9.17) is 16.0 Å². The van der Waals surface area contributed by atoms with Crippen LogP contribution in [0.15, 0.2) is 57.7 Å². The summed E-state index contributed by atoms with van der Waals surface area (Å²) < 4.78 is 6.83. The summed E-state index contributed by atoms with van der Waals surface area (Å²) in [5, 5.41) is 3.75. The molecule has 0 aliphatic heterocycles. The number of para-hydroxylation sites is 2. The lowest BCUT2D eigenvalue weighted by Gasteiger charge is -2.41. The lowest BCUT2D eigenvalue weighted by Crippen LogP contribution is -2.52. The molecule has 2 aromatic carbocycles. The number of hydrogen-bond acceptors (Lipinski definition) is 3. The Hall–Kier alpha value is -2.53. The molecular formula is C21H21ClN2O3. The third kappa shape index (κ3) is 3.16. The number of rotatable bonds is 5. The molecule has 1 saturated carbocycles. The van der Waals surface area contributed by atoms with Gasteiger partial charge in [0.1, 0.15) is 0 Å². The van der Waals surface area contributed by atoms with Gasteiger partial charge in [-0.2, -0.15) is 0 Å². The molecule has 1 aliphatic carbocycles. The highest BCUT2D eigenvalue weighted by atomic mass is 35.5. The Morgan fingerprint density at radius 3 is 2.59 bits per heavy atom. The average Bonchev–Trinajstić information content (AvgIpc) is 2.91. The summed E-state index contributed by atoms with van der Waals surface area (Å²) in [5.74, 6) is -0.405. The highest BCUT2D eigenvalue weighted by Gasteiger charge is 2.45. The second kappa shape index (κ2) is 6.89. The van der Waals surface area contributed by atoms with Crippen LogP contribution >= 0.6 is 11.6 Å². The van der Waals surface area contributed by atoms with Gasteiger partial charge in [-0.05, 0) is 49.6 Å². The summed E-state index contributed by atoms with van der Waals surface area (Å²) >= 11 is 5.99. The zero-order chi connectivity index (χ0) is 19.0. The molecule has 5 nitrogen and oxygen atoms in total. The fraction of sp³-hybridized carbons (Fsp3) is 0.333. The second-order valence-corrected chi connectivity index (χ2v) is 7.70. The largest absolute Gasteiger partial charge is 0.420 e. The first-order valence-corrected chi connectivity index (χ1v) is 9.53. The molecule has 0 spiro atoms. The van der Waals surface area contributed by atoms with E-state index in [1.165, 1.54) is 0 Å². The van der Waals surface area contributed by atoms with Crippen molar-refractivity contribution in [2.75, 3.05) is 0 Å². The molecule has 0 saturated heterocycles. The van der Waals surface area contributed by atoms with Gasteiger partial charge in [0.2, 0.25) is 5.91 Å². The van der Waals surface area contributed by atoms with Gasteiger partial charge in [-0.15, -0.1) is 0 Å². The topological polar surface area (TPSA) is 64.2 Å². The van der Waals surface area contributed by atoms with E-state index in [9.17, 15) is 9.59 Å². The monoisotopic (exact) mass is 384 g/mol. The number of nitrogens with one attached hydrogen (secondary N) is 1. The first-order chi connectivity index (χ1) is 13.0. The van der Waals surface area contributed by atoms with Crippen molar-refractivity contribution in [3.63, 3.8) is 0 Å². The lowest BCUT2D eigenvalue weighted by molar-refractivity contribution is -0.130. The van der Waals surface area contributed by atoms with Gasteiger partial charge in [0.25, 0.3) is 0 Å². The number of nitrogens with zero attached hydrogens (tertiary/aromatic N) is 1. The molecule has 3 aromatic rings. The van der Waals surface area contributed by atoms with Gasteiger partial charge in [0.15, 0.2) is 5.58 Å². The maximum Gasteiger partial charge on any atom is 0.420 e. The molecule has 1 N–H and O–H groups in total. The highest BCUT2D eigenvalue weighted by molar-refractivity contribution is 6.30. The Morgan fingerprint density at radius 1 is 1.22 bits per heavy atom. The number of halogens is 1. The van der Waals surface area contributed by atoms with Crippen molar-refractivity contribution in [1.82, 2.24) is 9.88 Å². The zero-order valence-electron chi connectivity index (χ0n) is 15.1. The first kappa shape index (κ1) is 17.9. The molecular weight excluding hydrogens is 364 g/mol. The Kier molecular flexibility index (Phi) is 4.56. The fourth-order valence-corrected chi connectivity index (χ4v) is 3.94. The molecule has 1 aliphatic rings. The fourth-order valence-electron chi connectivity index (χ4n) is 3.81. The van der Waals surface area contributed by atoms with Crippen LogP contribution in [0.2, 0.25) is 5.02 Å². The molecule has 4 rings (SSSR count). The molecule has 1 aromatic heterocycles. The van der Waals surface area contributed by atoms with Crippen molar-refractivity contribution < 1.29 is 9.21 Å². The molecule has 0 unspecified atom stereocenters. The van der Waals surface area contributed by atoms with E-state index in [0.717, 1.165) is 30.3 Å². The summed E-state index contributed by atoms with van der Waals surface area (Å²) in [6.45, 7) is 2.26. The van der Waals surface area contributed by atoms with Crippen molar-refractivity contribution >= 4 is 28.6 Å². The maximum absolute atomic E-state index is 13.1. The second-order valence-electron chi connectivity index (χ2n) is 7.26. The van der Waals surface area contributed by atoms with E-state index in [-0.39, 0.29) is 11.9 Å². The molecule has 1 amide bonds. The molecule has 27 heavy (non-hydrogen) atoms. The molecule has 6 heteroatoms. The van der Waals surface area contributed by atoms with E-state index in [0.29, 0.717) is 17.2 Å².